The van der Waals surface area contributed by atoms with E-state index in [1.54, 1.807) is 0 Å². The van der Waals surface area contributed by atoms with Crippen molar-refractivity contribution in [2.24, 2.45) is 5.92 Å². The summed E-state index contributed by atoms with van der Waals surface area (Å²) >= 11 is 0. The predicted molar refractivity (Wildman–Crippen MR) is 119 cm³/mol. The molecule has 0 radical (unpaired) electrons. The molecule has 0 bridgehead atoms. The quantitative estimate of drug-likeness (QED) is 0.658. The van der Waals surface area contributed by atoms with Gasteiger partial charge in [-0.25, -0.2) is 9.78 Å². The molecule has 1 aromatic heterocycles. The number of anilines is 1. The molecule has 2 aliphatic carbocycles. The van der Waals surface area contributed by atoms with Gasteiger partial charge in [-0.05, 0) is 63.5 Å². The lowest BCUT2D eigenvalue weighted by molar-refractivity contribution is 0.177. The predicted octanol–water partition coefficient (Wildman–Crippen LogP) is 2.50. The molecule has 8 nitrogen and oxygen atoms in total. The Hall–Kier alpha value is -2.06. The van der Waals surface area contributed by atoms with Crippen LogP contribution in [-0.2, 0) is 6.42 Å². The summed E-state index contributed by atoms with van der Waals surface area (Å²) in [4.78, 5) is 20.2. The van der Waals surface area contributed by atoms with Crippen LogP contribution in [0.3, 0.4) is 0 Å². The molecule has 5 rings (SSSR count). The third-order valence-electron chi connectivity index (χ3n) is 6.83. The van der Waals surface area contributed by atoms with E-state index in [1.807, 2.05) is 6.20 Å². The molecule has 3 heterocycles. The highest BCUT2D eigenvalue weighted by atomic mass is 16.5. The van der Waals surface area contributed by atoms with Crippen molar-refractivity contribution in [1.29, 1.82) is 0 Å². The van der Waals surface area contributed by atoms with Gasteiger partial charge in [0.2, 0.25) is 0 Å². The maximum Gasteiger partial charge on any atom is 0.404 e. The molecule has 0 unspecified atom stereocenters. The van der Waals surface area contributed by atoms with Gasteiger partial charge < -0.3 is 25.2 Å². The van der Waals surface area contributed by atoms with Crippen LogP contribution in [0.4, 0.5) is 10.6 Å². The zero-order chi connectivity index (χ0) is 21.6. The fourth-order valence-electron chi connectivity index (χ4n) is 4.71. The molecule has 3 N–H and O–H groups in total. The number of carbonyl (C=O) groups is 1. The summed E-state index contributed by atoms with van der Waals surface area (Å²) in [5, 5.41) is 19.6. The third kappa shape index (κ3) is 6.46. The zero-order valence-electron chi connectivity index (χ0n) is 18.3. The third-order valence-corrected chi connectivity index (χ3v) is 6.83. The number of aromatic nitrogens is 1. The number of nitrogens with zero attached hydrogens (tertiary/aromatic N) is 3. The van der Waals surface area contributed by atoms with Gasteiger partial charge in [0.15, 0.2) is 11.6 Å². The van der Waals surface area contributed by atoms with Gasteiger partial charge >= 0.3 is 6.09 Å². The van der Waals surface area contributed by atoms with Crippen molar-refractivity contribution in [1.82, 2.24) is 15.2 Å². The monoisotopic (exact) mass is 432 g/mol. The number of fused-ring (bicyclic) bond motifs is 1. The SMILES string of the molecule is O=C(O)N[C@H]1CC[C@H](CCN2CCN(c3nccc4c3OCC4)CC2)CC1.OC1CC1. The van der Waals surface area contributed by atoms with Gasteiger partial charge in [-0.2, -0.15) is 0 Å². The fourth-order valence-corrected chi connectivity index (χ4v) is 4.71. The van der Waals surface area contributed by atoms with Gasteiger partial charge in [-0.1, -0.05) is 0 Å². The Morgan fingerprint density at radius 3 is 2.48 bits per heavy atom. The first kappa shape index (κ1) is 22.1. The Morgan fingerprint density at radius 2 is 1.84 bits per heavy atom. The molecule has 8 heteroatoms. The summed E-state index contributed by atoms with van der Waals surface area (Å²) < 4.78 is 5.81. The van der Waals surface area contributed by atoms with Crippen LogP contribution < -0.4 is 15.0 Å². The molecule has 1 aromatic rings. The fraction of sp³-hybridized carbons (Fsp3) is 0.739. The van der Waals surface area contributed by atoms with Gasteiger partial charge in [-0.15, -0.1) is 0 Å². The highest BCUT2D eigenvalue weighted by Gasteiger charge is 2.26. The number of piperazine rings is 1. The maximum atomic E-state index is 10.7. The molecule has 3 fully saturated rings. The number of pyridine rings is 1. The van der Waals surface area contributed by atoms with Crippen LogP contribution in [-0.4, -0.2) is 77.7 Å². The van der Waals surface area contributed by atoms with Gasteiger partial charge in [0.25, 0.3) is 0 Å². The lowest BCUT2D eigenvalue weighted by atomic mass is 9.84. The van der Waals surface area contributed by atoms with Gasteiger partial charge in [0, 0.05) is 50.4 Å². The van der Waals surface area contributed by atoms with Crippen molar-refractivity contribution in [2.75, 3.05) is 44.2 Å². The van der Waals surface area contributed by atoms with E-state index in [1.165, 1.54) is 12.0 Å². The molecule has 2 aliphatic heterocycles. The molecular weight excluding hydrogens is 396 g/mol. The van der Waals surface area contributed by atoms with Crippen LogP contribution in [0.5, 0.6) is 5.75 Å². The van der Waals surface area contributed by atoms with Crippen molar-refractivity contribution in [2.45, 2.75) is 63.5 Å². The number of nitrogens with one attached hydrogen (secondary N) is 1. The number of rotatable bonds is 5. The Labute approximate surface area is 184 Å². The minimum absolute atomic E-state index is 0.0833. The number of amides is 1. The topological polar surface area (TPSA) is 98.2 Å². The molecule has 1 saturated heterocycles. The van der Waals surface area contributed by atoms with Crippen molar-refractivity contribution in [3.05, 3.63) is 17.8 Å². The first-order valence-corrected chi connectivity index (χ1v) is 11.8. The van der Waals surface area contributed by atoms with Crippen LogP contribution in [0.2, 0.25) is 0 Å². The molecule has 1 amide bonds. The van der Waals surface area contributed by atoms with E-state index in [0.717, 1.165) is 102 Å². The van der Waals surface area contributed by atoms with E-state index in [4.69, 9.17) is 14.9 Å². The van der Waals surface area contributed by atoms with Gasteiger partial charge in [0.05, 0.1) is 12.7 Å². The average Bonchev–Trinajstić information content (AvgIpc) is 3.40. The van der Waals surface area contributed by atoms with E-state index in [9.17, 15) is 4.79 Å². The van der Waals surface area contributed by atoms with Crippen LogP contribution in [0.25, 0.3) is 0 Å². The second-order valence-corrected chi connectivity index (χ2v) is 9.24. The molecule has 2 saturated carbocycles. The smallest absolute Gasteiger partial charge is 0.404 e. The van der Waals surface area contributed by atoms with Crippen molar-refractivity contribution in [3.63, 3.8) is 0 Å². The minimum Gasteiger partial charge on any atom is -0.489 e. The van der Waals surface area contributed by atoms with Crippen LogP contribution in [0.15, 0.2) is 12.3 Å². The molecular formula is C23H36N4O4. The summed E-state index contributed by atoms with van der Waals surface area (Å²) in [6.07, 6.45) is 9.65. The van der Waals surface area contributed by atoms with E-state index >= 15 is 0 Å². The van der Waals surface area contributed by atoms with E-state index in [0.29, 0.717) is 0 Å². The number of ether oxygens (including phenoxy) is 1. The summed E-state index contributed by atoms with van der Waals surface area (Å²) in [5.74, 6) is 2.76. The normalized spacial score (nSPS) is 25.8. The minimum atomic E-state index is -0.889. The zero-order valence-corrected chi connectivity index (χ0v) is 18.3. The van der Waals surface area contributed by atoms with Crippen molar-refractivity contribution < 1.29 is 19.7 Å². The van der Waals surface area contributed by atoms with Crippen LogP contribution >= 0.6 is 0 Å². The van der Waals surface area contributed by atoms with Crippen molar-refractivity contribution in [3.8, 4) is 5.75 Å². The van der Waals surface area contributed by atoms with Crippen LogP contribution in [0, 0.1) is 5.92 Å². The van der Waals surface area contributed by atoms with Crippen molar-refractivity contribution >= 4 is 11.9 Å². The molecule has 172 valence electrons. The van der Waals surface area contributed by atoms with E-state index in [-0.39, 0.29) is 12.1 Å². The highest BCUT2D eigenvalue weighted by Crippen LogP contribution is 2.34. The van der Waals surface area contributed by atoms with E-state index < -0.39 is 6.09 Å². The lowest BCUT2D eigenvalue weighted by Gasteiger charge is -2.37. The number of hydrogen-bond donors (Lipinski definition) is 3. The first-order valence-electron chi connectivity index (χ1n) is 11.8. The summed E-state index contributed by atoms with van der Waals surface area (Å²) in [6, 6.07) is 2.23. The molecule has 0 aromatic carbocycles. The number of carboxylic acid groups (broad SMARTS) is 1. The largest absolute Gasteiger partial charge is 0.489 e. The standard InChI is InChI=1S/C20H30N4O3.C3H6O/c25-20(26)22-17-3-1-15(2-4-17)6-9-23-10-12-24(13-11-23)19-18-16(5-8-21-19)7-14-27-18;4-3-1-2-3/h5,8,15,17,22H,1-4,6-7,9-14H2,(H,25,26);3-4H,1-2H2/t15-,17-;. The Kier molecular flexibility index (Phi) is 7.50. The summed E-state index contributed by atoms with van der Waals surface area (Å²) in [7, 11) is 0. The molecule has 4 aliphatic rings. The average molecular weight is 433 g/mol. The Bertz CT molecular complexity index is 726. The van der Waals surface area contributed by atoms with Crippen LogP contribution in [0.1, 0.15) is 50.5 Å². The summed E-state index contributed by atoms with van der Waals surface area (Å²) in [5.41, 5.74) is 1.29. The number of aliphatic hydroxyl groups excluding tert-OH is 1. The molecule has 0 spiro atoms. The number of hydrogen-bond acceptors (Lipinski definition) is 6. The first-order chi connectivity index (χ1) is 15.1. The second-order valence-electron chi connectivity index (χ2n) is 9.24. The summed E-state index contributed by atoms with van der Waals surface area (Å²) in [6.45, 7) is 6.07. The second kappa shape index (κ2) is 10.5. The Balaban J connectivity index is 0.000000520. The maximum absolute atomic E-state index is 10.7. The highest BCUT2D eigenvalue weighted by molar-refractivity contribution is 5.64. The Morgan fingerprint density at radius 1 is 1.13 bits per heavy atom. The molecule has 31 heavy (non-hydrogen) atoms. The number of aliphatic hydroxyl groups is 1. The lowest BCUT2D eigenvalue weighted by Crippen LogP contribution is -2.47. The molecule has 0 atom stereocenters. The van der Waals surface area contributed by atoms with Gasteiger partial charge in [-0.3, -0.25) is 4.90 Å². The van der Waals surface area contributed by atoms with E-state index in [2.05, 4.69) is 26.2 Å². The van der Waals surface area contributed by atoms with Gasteiger partial charge in [0.1, 0.15) is 0 Å².